The van der Waals surface area contributed by atoms with Gasteiger partial charge in [0.2, 0.25) is 0 Å². The van der Waals surface area contributed by atoms with Gasteiger partial charge in [0.05, 0.1) is 0 Å². The third-order valence-corrected chi connectivity index (χ3v) is 7.02. The summed E-state index contributed by atoms with van der Waals surface area (Å²) < 4.78 is 6.22. The Morgan fingerprint density at radius 1 is 0.368 bits per heavy atom. The van der Waals surface area contributed by atoms with Crippen molar-refractivity contribution in [3.63, 3.8) is 0 Å². The fraction of sp³-hybridized carbons (Fsp3) is 0. The molecular weight excluding hydrogens is 462 g/mol. The van der Waals surface area contributed by atoms with Crippen molar-refractivity contribution in [2.24, 2.45) is 0 Å². The first-order chi connectivity index (χ1) is 18.8. The van der Waals surface area contributed by atoms with E-state index in [9.17, 15) is 0 Å². The zero-order valence-corrected chi connectivity index (χ0v) is 20.8. The molecule has 1 heterocycles. The van der Waals surface area contributed by atoms with Crippen molar-refractivity contribution in [1.82, 2.24) is 0 Å². The largest absolute Gasteiger partial charge is 0.456 e. The summed E-state index contributed by atoms with van der Waals surface area (Å²) in [5.74, 6) is 0.865. The number of hydrogen-bond acceptors (Lipinski definition) is 2. The second-order valence-electron chi connectivity index (χ2n) is 9.48. The van der Waals surface area contributed by atoms with Crippen molar-refractivity contribution in [2.45, 2.75) is 0 Å². The maximum absolute atomic E-state index is 6.22. The van der Waals surface area contributed by atoms with Gasteiger partial charge in [-0.25, -0.2) is 0 Å². The van der Waals surface area contributed by atoms with Crippen LogP contribution in [-0.2, 0) is 0 Å². The predicted molar refractivity (Wildman–Crippen MR) is 159 cm³/mol. The van der Waals surface area contributed by atoms with Crippen LogP contribution >= 0.6 is 0 Å². The van der Waals surface area contributed by atoms with Gasteiger partial charge in [-0.05, 0) is 70.4 Å². The van der Waals surface area contributed by atoms with E-state index in [1.54, 1.807) is 0 Å². The van der Waals surface area contributed by atoms with Crippen LogP contribution in [-0.4, -0.2) is 0 Å². The van der Waals surface area contributed by atoms with Crippen LogP contribution in [0.4, 0.5) is 17.1 Å². The van der Waals surface area contributed by atoms with Gasteiger partial charge in [-0.1, -0.05) is 103 Å². The van der Waals surface area contributed by atoms with Gasteiger partial charge in [0.1, 0.15) is 11.3 Å². The predicted octanol–water partition coefficient (Wildman–Crippen LogP) is 10.4. The highest BCUT2D eigenvalue weighted by molar-refractivity contribution is 5.90. The van der Waals surface area contributed by atoms with E-state index in [0.29, 0.717) is 0 Å². The molecule has 0 unspecified atom stereocenters. The molecule has 0 saturated carbocycles. The van der Waals surface area contributed by atoms with Gasteiger partial charge in [0.15, 0.2) is 0 Å². The molecule has 2 heteroatoms. The molecule has 0 radical (unpaired) electrons. The van der Waals surface area contributed by atoms with Crippen LogP contribution in [0.5, 0.6) is 0 Å². The highest BCUT2D eigenvalue weighted by Gasteiger charge is 2.16. The quantitative estimate of drug-likeness (QED) is 0.240. The van der Waals surface area contributed by atoms with E-state index in [4.69, 9.17) is 4.42 Å². The summed E-state index contributed by atoms with van der Waals surface area (Å²) in [6.07, 6.45) is 0. The second kappa shape index (κ2) is 9.42. The van der Waals surface area contributed by atoms with Gasteiger partial charge in [-0.2, -0.15) is 0 Å². The van der Waals surface area contributed by atoms with Crippen LogP contribution < -0.4 is 4.90 Å². The van der Waals surface area contributed by atoms with E-state index >= 15 is 0 Å². The fourth-order valence-corrected chi connectivity index (χ4v) is 5.14. The lowest BCUT2D eigenvalue weighted by Gasteiger charge is -2.26. The van der Waals surface area contributed by atoms with Crippen LogP contribution in [0.15, 0.2) is 156 Å². The molecule has 7 rings (SSSR count). The van der Waals surface area contributed by atoms with Gasteiger partial charge in [-0.15, -0.1) is 0 Å². The first-order valence-electron chi connectivity index (χ1n) is 12.9. The molecule has 0 aliphatic heterocycles. The van der Waals surface area contributed by atoms with E-state index < -0.39 is 0 Å². The van der Waals surface area contributed by atoms with Gasteiger partial charge >= 0.3 is 0 Å². The minimum atomic E-state index is 0.865. The van der Waals surface area contributed by atoms with Gasteiger partial charge < -0.3 is 9.32 Å². The van der Waals surface area contributed by atoms with Crippen molar-refractivity contribution in [1.29, 1.82) is 0 Å². The average Bonchev–Trinajstić information content (AvgIpc) is 3.43. The Morgan fingerprint density at radius 2 is 0.974 bits per heavy atom. The van der Waals surface area contributed by atoms with Crippen LogP contribution in [0.3, 0.4) is 0 Å². The number of rotatable bonds is 5. The summed E-state index contributed by atoms with van der Waals surface area (Å²) in [6.45, 7) is 0. The topological polar surface area (TPSA) is 16.4 Å². The molecular formula is C36H25NO. The number of para-hydroxylation sites is 1. The molecule has 0 atom stereocenters. The summed E-state index contributed by atoms with van der Waals surface area (Å²) in [4.78, 5) is 2.32. The molecule has 2 nitrogen and oxygen atoms in total. The lowest BCUT2D eigenvalue weighted by Crippen LogP contribution is -2.10. The minimum Gasteiger partial charge on any atom is -0.456 e. The smallest absolute Gasteiger partial charge is 0.135 e. The molecule has 0 fully saturated rings. The molecule has 7 aromatic rings. The monoisotopic (exact) mass is 487 g/mol. The zero-order valence-electron chi connectivity index (χ0n) is 20.8. The average molecular weight is 488 g/mol. The van der Waals surface area contributed by atoms with E-state index in [1.165, 1.54) is 21.9 Å². The molecule has 0 aliphatic carbocycles. The molecule has 0 spiro atoms. The molecule has 0 bridgehead atoms. The van der Waals surface area contributed by atoms with E-state index in [1.807, 2.05) is 18.2 Å². The molecule has 0 saturated heterocycles. The molecule has 0 amide bonds. The number of fused-ring (bicyclic) bond motifs is 2. The van der Waals surface area contributed by atoms with E-state index in [2.05, 4.69) is 138 Å². The van der Waals surface area contributed by atoms with Crippen LogP contribution in [0.1, 0.15) is 0 Å². The van der Waals surface area contributed by atoms with Crippen molar-refractivity contribution in [3.05, 3.63) is 152 Å². The molecule has 6 aromatic carbocycles. The number of anilines is 3. The van der Waals surface area contributed by atoms with Gasteiger partial charge in [-0.3, -0.25) is 0 Å². The molecule has 38 heavy (non-hydrogen) atoms. The molecule has 0 N–H and O–H groups in total. The van der Waals surface area contributed by atoms with E-state index in [0.717, 1.165) is 39.4 Å². The minimum absolute atomic E-state index is 0.865. The molecule has 1 aromatic heterocycles. The number of benzene rings is 6. The standard InChI is InChI=1S/C36H25NO/c1-2-10-26(11-3-1)29-15-8-17-32(22-29)37(34-21-20-27-12-4-5-13-28(27)23-34)33-18-9-16-30(24-33)36-25-31-14-6-7-19-35(31)38-36/h1-25H. The number of hydrogen-bond donors (Lipinski definition) is 0. The molecule has 0 aliphatic rings. The lowest BCUT2D eigenvalue weighted by atomic mass is 10.0. The van der Waals surface area contributed by atoms with Crippen molar-refractivity contribution in [3.8, 4) is 22.5 Å². The second-order valence-corrected chi connectivity index (χ2v) is 9.48. The van der Waals surface area contributed by atoms with Crippen LogP contribution in [0.2, 0.25) is 0 Å². The van der Waals surface area contributed by atoms with Gasteiger partial charge in [0.25, 0.3) is 0 Å². The Kier molecular flexibility index (Phi) is 5.49. The highest BCUT2D eigenvalue weighted by atomic mass is 16.3. The Balaban J connectivity index is 1.39. The maximum Gasteiger partial charge on any atom is 0.135 e. The Labute approximate surface area is 222 Å². The Hall–Kier alpha value is -5.08. The first-order valence-corrected chi connectivity index (χ1v) is 12.9. The zero-order chi connectivity index (χ0) is 25.3. The first kappa shape index (κ1) is 22.1. The summed E-state index contributed by atoms with van der Waals surface area (Å²) in [5.41, 5.74) is 7.60. The van der Waals surface area contributed by atoms with Crippen molar-refractivity contribution < 1.29 is 4.42 Å². The third kappa shape index (κ3) is 4.12. The summed E-state index contributed by atoms with van der Waals surface area (Å²) in [7, 11) is 0. The summed E-state index contributed by atoms with van der Waals surface area (Å²) in [6, 6.07) is 53.3. The fourth-order valence-electron chi connectivity index (χ4n) is 5.14. The van der Waals surface area contributed by atoms with E-state index in [-0.39, 0.29) is 0 Å². The normalized spacial score (nSPS) is 11.2. The summed E-state index contributed by atoms with van der Waals surface area (Å²) in [5, 5.41) is 3.54. The Morgan fingerprint density at radius 3 is 1.76 bits per heavy atom. The van der Waals surface area contributed by atoms with Crippen molar-refractivity contribution in [2.75, 3.05) is 4.90 Å². The number of furan rings is 1. The van der Waals surface area contributed by atoms with Crippen LogP contribution in [0.25, 0.3) is 44.2 Å². The maximum atomic E-state index is 6.22. The third-order valence-electron chi connectivity index (χ3n) is 7.02. The lowest BCUT2D eigenvalue weighted by molar-refractivity contribution is 0.631. The Bertz CT molecular complexity index is 1850. The number of nitrogens with zero attached hydrogens (tertiary/aromatic N) is 1. The van der Waals surface area contributed by atoms with Crippen LogP contribution in [0, 0.1) is 0 Å². The highest BCUT2D eigenvalue weighted by Crippen LogP contribution is 2.39. The van der Waals surface area contributed by atoms with Gasteiger partial charge in [0, 0.05) is 28.0 Å². The SMILES string of the molecule is c1ccc(-c2cccc(N(c3cccc(-c4cc5ccccc5o4)c3)c3ccc4ccccc4c3)c2)cc1. The van der Waals surface area contributed by atoms with Crippen molar-refractivity contribution >= 4 is 38.8 Å². The summed E-state index contributed by atoms with van der Waals surface area (Å²) >= 11 is 0. The molecule has 180 valence electrons.